The molecule has 0 amide bonds. The minimum absolute atomic E-state index is 0.263. The number of hydrogen-bond donors (Lipinski definition) is 0. The van der Waals surface area contributed by atoms with Crippen LogP contribution in [0.15, 0.2) is 48.5 Å². The first-order valence-electron chi connectivity index (χ1n) is 6.67. The molecule has 104 valence electrons. The van der Waals surface area contributed by atoms with Gasteiger partial charge in [-0.05, 0) is 42.2 Å². The summed E-state index contributed by atoms with van der Waals surface area (Å²) in [4.78, 5) is 12.0. The molecule has 0 fully saturated rings. The van der Waals surface area contributed by atoms with Gasteiger partial charge in [-0.3, -0.25) is 0 Å². The van der Waals surface area contributed by atoms with E-state index < -0.39 is 0 Å². The van der Waals surface area contributed by atoms with E-state index in [-0.39, 0.29) is 5.97 Å². The lowest BCUT2D eigenvalue weighted by molar-refractivity contribution is 0.0526. The molecule has 0 radical (unpaired) electrons. The Hall–Kier alpha value is -1.61. The molecule has 0 unspecified atom stereocenters. The number of aryl methyl sites for hydroxylation is 1. The Morgan fingerprint density at radius 2 is 1.85 bits per heavy atom. The zero-order valence-electron chi connectivity index (χ0n) is 11.4. The summed E-state index contributed by atoms with van der Waals surface area (Å²) in [5, 5.41) is 0.869. The van der Waals surface area contributed by atoms with Crippen LogP contribution in [0.3, 0.4) is 0 Å². The van der Waals surface area contributed by atoms with Crippen molar-refractivity contribution < 1.29 is 9.53 Å². The topological polar surface area (TPSA) is 26.3 Å². The van der Waals surface area contributed by atoms with Crippen molar-refractivity contribution >= 4 is 21.9 Å². The van der Waals surface area contributed by atoms with Crippen LogP contribution in [0.2, 0.25) is 0 Å². The van der Waals surface area contributed by atoms with Gasteiger partial charge < -0.3 is 4.74 Å². The smallest absolute Gasteiger partial charge is 0.338 e. The summed E-state index contributed by atoms with van der Waals surface area (Å²) in [5.74, 6) is -0.263. The molecule has 0 aliphatic rings. The van der Waals surface area contributed by atoms with E-state index in [9.17, 15) is 4.79 Å². The molecule has 0 saturated heterocycles. The minimum atomic E-state index is -0.263. The highest BCUT2D eigenvalue weighted by Gasteiger charge is 2.10. The highest BCUT2D eigenvalue weighted by molar-refractivity contribution is 9.09. The molecule has 3 heteroatoms. The molecule has 2 aromatic rings. The number of ether oxygens (including phenoxy) is 1. The number of benzene rings is 2. The molecule has 0 N–H and O–H groups in total. The van der Waals surface area contributed by atoms with Crippen molar-refractivity contribution in [3.63, 3.8) is 0 Å². The monoisotopic (exact) mass is 332 g/mol. The number of carbonyl (C=O) groups excluding carboxylic acids is 1. The molecule has 0 aliphatic heterocycles. The Morgan fingerprint density at radius 1 is 1.10 bits per heavy atom. The Morgan fingerprint density at radius 3 is 2.50 bits per heavy atom. The largest absolute Gasteiger partial charge is 0.462 e. The molecule has 0 spiro atoms. The van der Waals surface area contributed by atoms with Gasteiger partial charge in [0, 0.05) is 5.33 Å². The lowest BCUT2D eigenvalue weighted by Gasteiger charge is -2.09. The van der Waals surface area contributed by atoms with Crippen LogP contribution in [-0.2, 0) is 11.2 Å². The quantitative estimate of drug-likeness (QED) is 0.596. The van der Waals surface area contributed by atoms with Gasteiger partial charge in [-0.15, -0.1) is 0 Å². The molecule has 2 aromatic carbocycles. The van der Waals surface area contributed by atoms with E-state index in [1.165, 1.54) is 0 Å². The second kappa shape index (κ2) is 7.25. The second-order valence-electron chi connectivity index (χ2n) is 4.44. The SMILES string of the molecule is CCOC(=O)c1cc(CCBr)cc(-c2ccccc2)c1. The number of halogens is 1. The summed E-state index contributed by atoms with van der Waals surface area (Å²) in [7, 11) is 0. The van der Waals surface area contributed by atoms with Crippen LogP contribution in [0.25, 0.3) is 11.1 Å². The molecule has 0 bridgehead atoms. The lowest BCUT2D eigenvalue weighted by Crippen LogP contribution is -2.05. The Balaban J connectivity index is 2.43. The van der Waals surface area contributed by atoms with E-state index in [0.29, 0.717) is 12.2 Å². The molecular weight excluding hydrogens is 316 g/mol. The average molecular weight is 333 g/mol. The lowest BCUT2D eigenvalue weighted by atomic mass is 9.99. The van der Waals surface area contributed by atoms with Crippen molar-refractivity contribution in [1.82, 2.24) is 0 Å². The molecule has 2 rings (SSSR count). The van der Waals surface area contributed by atoms with Crippen molar-refractivity contribution in [2.75, 3.05) is 11.9 Å². The summed E-state index contributed by atoms with van der Waals surface area (Å²) in [6.07, 6.45) is 0.882. The molecule has 0 aromatic heterocycles. The van der Waals surface area contributed by atoms with Crippen LogP contribution < -0.4 is 0 Å². The summed E-state index contributed by atoms with van der Waals surface area (Å²) < 4.78 is 5.10. The second-order valence-corrected chi connectivity index (χ2v) is 5.24. The van der Waals surface area contributed by atoms with Gasteiger partial charge in [0.15, 0.2) is 0 Å². The standard InChI is InChI=1S/C17H17BrO2/c1-2-20-17(19)16-11-13(8-9-18)10-15(12-16)14-6-4-3-5-7-14/h3-7,10-12H,2,8-9H2,1H3. The normalized spacial score (nSPS) is 10.3. The zero-order valence-corrected chi connectivity index (χ0v) is 13.0. The van der Waals surface area contributed by atoms with Crippen molar-refractivity contribution in [2.24, 2.45) is 0 Å². The average Bonchev–Trinajstić information content (AvgIpc) is 2.48. The van der Waals surface area contributed by atoms with E-state index in [1.54, 1.807) is 0 Å². The van der Waals surface area contributed by atoms with Gasteiger partial charge in [0.25, 0.3) is 0 Å². The van der Waals surface area contributed by atoms with Gasteiger partial charge in [0.05, 0.1) is 12.2 Å². The summed E-state index contributed by atoms with van der Waals surface area (Å²) in [6, 6.07) is 16.0. The van der Waals surface area contributed by atoms with Gasteiger partial charge in [0.2, 0.25) is 0 Å². The highest BCUT2D eigenvalue weighted by atomic mass is 79.9. The number of alkyl halides is 1. The predicted octanol–water partition coefficient (Wildman–Crippen LogP) is 4.47. The molecule has 0 atom stereocenters. The minimum Gasteiger partial charge on any atom is -0.462 e. The summed E-state index contributed by atoms with van der Waals surface area (Å²) >= 11 is 3.44. The van der Waals surface area contributed by atoms with Gasteiger partial charge in [-0.2, -0.15) is 0 Å². The summed E-state index contributed by atoms with van der Waals surface area (Å²) in [5.41, 5.74) is 3.90. The van der Waals surface area contributed by atoms with Gasteiger partial charge >= 0.3 is 5.97 Å². The van der Waals surface area contributed by atoms with E-state index in [1.807, 2.05) is 49.4 Å². The first-order valence-corrected chi connectivity index (χ1v) is 7.79. The Bertz CT molecular complexity index is 579. The van der Waals surface area contributed by atoms with Crippen LogP contribution in [0.4, 0.5) is 0 Å². The first kappa shape index (κ1) is 14.8. The summed E-state index contributed by atoms with van der Waals surface area (Å²) in [6.45, 7) is 2.21. The third kappa shape index (κ3) is 3.70. The highest BCUT2D eigenvalue weighted by Crippen LogP contribution is 2.23. The number of hydrogen-bond acceptors (Lipinski definition) is 2. The Labute approximate surface area is 127 Å². The zero-order chi connectivity index (χ0) is 14.4. The third-order valence-electron chi connectivity index (χ3n) is 2.99. The van der Waals surface area contributed by atoms with E-state index >= 15 is 0 Å². The first-order chi connectivity index (χ1) is 9.74. The number of esters is 1. The van der Waals surface area contributed by atoms with Crippen molar-refractivity contribution in [1.29, 1.82) is 0 Å². The number of carbonyl (C=O) groups is 1. The Kier molecular flexibility index (Phi) is 5.36. The molecular formula is C17H17BrO2. The molecule has 0 heterocycles. The molecule has 0 saturated carbocycles. The maximum Gasteiger partial charge on any atom is 0.338 e. The van der Waals surface area contributed by atoms with Crippen molar-refractivity contribution in [3.8, 4) is 11.1 Å². The van der Waals surface area contributed by atoms with E-state index in [0.717, 1.165) is 28.4 Å². The third-order valence-corrected chi connectivity index (χ3v) is 3.39. The van der Waals surface area contributed by atoms with Crippen LogP contribution in [0, 0.1) is 0 Å². The fourth-order valence-corrected chi connectivity index (χ4v) is 2.53. The van der Waals surface area contributed by atoms with Crippen molar-refractivity contribution in [3.05, 3.63) is 59.7 Å². The fourth-order valence-electron chi connectivity index (χ4n) is 2.07. The molecule has 20 heavy (non-hydrogen) atoms. The van der Waals surface area contributed by atoms with Crippen LogP contribution >= 0.6 is 15.9 Å². The molecule has 0 aliphatic carbocycles. The number of rotatable bonds is 5. The van der Waals surface area contributed by atoms with Gasteiger partial charge in [0.1, 0.15) is 0 Å². The molecule has 2 nitrogen and oxygen atoms in total. The van der Waals surface area contributed by atoms with Gasteiger partial charge in [-0.25, -0.2) is 4.79 Å². The van der Waals surface area contributed by atoms with Crippen LogP contribution in [0.1, 0.15) is 22.8 Å². The predicted molar refractivity (Wildman–Crippen MR) is 85.3 cm³/mol. The van der Waals surface area contributed by atoms with Gasteiger partial charge in [-0.1, -0.05) is 52.3 Å². The van der Waals surface area contributed by atoms with E-state index in [2.05, 4.69) is 22.0 Å². The fraction of sp³-hybridized carbons (Fsp3) is 0.235. The van der Waals surface area contributed by atoms with Crippen LogP contribution in [-0.4, -0.2) is 17.9 Å². The maximum atomic E-state index is 12.0. The van der Waals surface area contributed by atoms with Crippen molar-refractivity contribution in [2.45, 2.75) is 13.3 Å². The van der Waals surface area contributed by atoms with Crippen LogP contribution in [0.5, 0.6) is 0 Å². The van der Waals surface area contributed by atoms with E-state index in [4.69, 9.17) is 4.74 Å². The maximum absolute atomic E-state index is 12.0.